The van der Waals surface area contributed by atoms with Gasteiger partial charge in [-0.15, -0.1) is 0 Å². The molecule has 162 valence electrons. The van der Waals surface area contributed by atoms with Crippen LogP contribution in [0.5, 0.6) is 11.5 Å². The first-order valence-corrected chi connectivity index (χ1v) is 10.1. The van der Waals surface area contributed by atoms with Crippen LogP contribution in [0.3, 0.4) is 0 Å². The highest BCUT2D eigenvalue weighted by Crippen LogP contribution is 2.50. The number of nitrogens with one attached hydrogen (secondary N) is 1. The average molecular weight is 424 g/mol. The third-order valence-electron chi connectivity index (χ3n) is 6.05. The van der Waals surface area contributed by atoms with Gasteiger partial charge in [-0.25, -0.2) is 4.90 Å². The van der Waals surface area contributed by atoms with Crippen LogP contribution in [0.4, 0.5) is 5.69 Å². The quantitative estimate of drug-likeness (QED) is 0.560. The van der Waals surface area contributed by atoms with E-state index in [1.807, 2.05) is 0 Å². The smallest absolute Gasteiger partial charge is 0.326 e. The molecule has 2 fully saturated rings. The number of para-hydroxylation sites is 1. The van der Waals surface area contributed by atoms with E-state index in [-0.39, 0.29) is 5.75 Å². The van der Waals surface area contributed by atoms with Crippen molar-refractivity contribution < 1.29 is 29.0 Å². The summed E-state index contributed by atoms with van der Waals surface area (Å²) in [6.45, 7) is 3.77. The normalized spacial score (nSPS) is 27.3. The number of phenolic OH excluding ortho intramolecular Hbond substituents is 1. The van der Waals surface area contributed by atoms with Gasteiger partial charge in [0.05, 0.1) is 31.2 Å². The van der Waals surface area contributed by atoms with Gasteiger partial charge in [0.2, 0.25) is 11.8 Å². The van der Waals surface area contributed by atoms with Crippen LogP contribution in [0, 0.1) is 11.8 Å². The molecule has 2 aliphatic heterocycles. The van der Waals surface area contributed by atoms with Crippen LogP contribution in [0.1, 0.15) is 25.5 Å². The molecule has 2 N–H and O–H groups in total. The summed E-state index contributed by atoms with van der Waals surface area (Å²) < 4.78 is 10.4. The SMILES string of the molecule is CCOc1ccc([C@H]2N[C@@](C)(C(=O)OC)C3C(=O)N(c4ccccc4)C(=O)C32)cc1O. The Morgan fingerprint density at radius 3 is 2.48 bits per heavy atom. The zero-order valence-electron chi connectivity index (χ0n) is 17.5. The van der Waals surface area contributed by atoms with E-state index in [1.165, 1.54) is 13.2 Å². The van der Waals surface area contributed by atoms with Crippen molar-refractivity contribution in [2.75, 3.05) is 18.6 Å². The molecule has 2 saturated heterocycles. The highest BCUT2D eigenvalue weighted by atomic mass is 16.5. The number of amides is 2. The number of hydrogen-bond donors (Lipinski definition) is 2. The second kappa shape index (κ2) is 7.70. The number of rotatable bonds is 5. The van der Waals surface area contributed by atoms with Crippen LogP contribution in [0.2, 0.25) is 0 Å². The zero-order chi connectivity index (χ0) is 22.3. The molecule has 0 aliphatic carbocycles. The Bertz CT molecular complexity index is 1040. The van der Waals surface area contributed by atoms with Crippen LogP contribution in [-0.4, -0.2) is 42.1 Å². The number of nitrogens with zero attached hydrogens (tertiary/aromatic N) is 1. The van der Waals surface area contributed by atoms with E-state index in [0.29, 0.717) is 23.6 Å². The highest BCUT2D eigenvalue weighted by Gasteiger charge is 2.67. The molecule has 2 aromatic rings. The first-order chi connectivity index (χ1) is 14.8. The van der Waals surface area contributed by atoms with Crippen molar-refractivity contribution >= 4 is 23.5 Å². The molecule has 0 radical (unpaired) electrons. The molecule has 0 saturated carbocycles. The fraction of sp³-hybridized carbons (Fsp3) is 0.348. The number of fused-ring (bicyclic) bond motifs is 1. The van der Waals surface area contributed by atoms with Gasteiger partial charge in [-0.3, -0.25) is 19.7 Å². The Balaban J connectivity index is 1.80. The molecule has 0 aromatic heterocycles. The summed E-state index contributed by atoms with van der Waals surface area (Å²) in [7, 11) is 1.25. The lowest BCUT2D eigenvalue weighted by Gasteiger charge is -2.28. The monoisotopic (exact) mass is 424 g/mol. The number of hydrogen-bond acceptors (Lipinski definition) is 7. The molecule has 8 heteroatoms. The maximum Gasteiger partial charge on any atom is 0.326 e. The number of benzene rings is 2. The van der Waals surface area contributed by atoms with Gasteiger partial charge in [0, 0.05) is 6.04 Å². The van der Waals surface area contributed by atoms with Crippen LogP contribution < -0.4 is 15.0 Å². The predicted molar refractivity (Wildman–Crippen MR) is 111 cm³/mol. The Hall–Kier alpha value is -3.39. The van der Waals surface area contributed by atoms with E-state index >= 15 is 0 Å². The Morgan fingerprint density at radius 2 is 1.87 bits per heavy atom. The van der Waals surface area contributed by atoms with Crippen molar-refractivity contribution in [3.05, 3.63) is 54.1 Å². The maximum absolute atomic E-state index is 13.5. The third kappa shape index (κ3) is 3.14. The van der Waals surface area contributed by atoms with E-state index in [1.54, 1.807) is 56.3 Å². The van der Waals surface area contributed by atoms with Crippen LogP contribution in [0.25, 0.3) is 0 Å². The van der Waals surface area contributed by atoms with Crippen molar-refractivity contribution in [1.82, 2.24) is 5.32 Å². The minimum Gasteiger partial charge on any atom is -0.504 e. The van der Waals surface area contributed by atoms with Crippen LogP contribution >= 0.6 is 0 Å². The summed E-state index contributed by atoms with van der Waals surface area (Å²) >= 11 is 0. The number of anilines is 1. The minimum atomic E-state index is -1.41. The van der Waals surface area contributed by atoms with Crippen molar-refractivity contribution in [1.29, 1.82) is 0 Å². The molecule has 8 nitrogen and oxygen atoms in total. The van der Waals surface area contributed by atoms with E-state index < -0.39 is 41.2 Å². The third-order valence-corrected chi connectivity index (χ3v) is 6.05. The molecule has 31 heavy (non-hydrogen) atoms. The topological polar surface area (TPSA) is 105 Å². The fourth-order valence-electron chi connectivity index (χ4n) is 4.66. The molecule has 2 unspecified atom stereocenters. The van der Waals surface area contributed by atoms with E-state index in [2.05, 4.69) is 5.32 Å². The molecule has 2 aromatic carbocycles. The standard InChI is InChI=1S/C23H24N2O6/c1-4-31-16-11-10-13(12-15(16)26)19-17-18(23(2,24-19)22(29)30-3)21(28)25(20(17)27)14-8-6-5-7-9-14/h5-12,17-19,24,26H,4H2,1-3H3/t17?,18?,19-,23-/m1/s1. The second-order valence-corrected chi connectivity index (χ2v) is 7.83. The molecule has 2 aliphatic rings. The zero-order valence-corrected chi connectivity index (χ0v) is 17.5. The van der Waals surface area contributed by atoms with Gasteiger partial charge in [-0.1, -0.05) is 24.3 Å². The minimum absolute atomic E-state index is 0.0824. The molecule has 4 atom stereocenters. The largest absolute Gasteiger partial charge is 0.504 e. The number of imide groups is 1. The van der Waals surface area contributed by atoms with Gasteiger partial charge >= 0.3 is 5.97 Å². The number of carbonyl (C=O) groups excluding carboxylic acids is 3. The molecule has 2 amide bonds. The Kier molecular flexibility index (Phi) is 5.18. The van der Waals surface area contributed by atoms with Crippen molar-refractivity contribution in [3.63, 3.8) is 0 Å². The van der Waals surface area contributed by atoms with Crippen LogP contribution in [0.15, 0.2) is 48.5 Å². The lowest BCUT2D eigenvalue weighted by atomic mass is 9.80. The van der Waals surface area contributed by atoms with Crippen molar-refractivity contribution in [3.8, 4) is 11.5 Å². The van der Waals surface area contributed by atoms with Gasteiger partial charge < -0.3 is 14.6 Å². The van der Waals surface area contributed by atoms with Gasteiger partial charge in [0.1, 0.15) is 5.54 Å². The van der Waals surface area contributed by atoms with E-state index in [4.69, 9.17) is 9.47 Å². The van der Waals surface area contributed by atoms with Crippen molar-refractivity contribution in [2.24, 2.45) is 11.8 Å². The summed E-state index contributed by atoms with van der Waals surface area (Å²) in [5.41, 5.74) is -0.388. The molecular weight excluding hydrogens is 400 g/mol. The number of methoxy groups -OCH3 is 1. The summed E-state index contributed by atoms with van der Waals surface area (Å²) in [5.74, 6) is -3.05. The lowest BCUT2D eigenvalue weighted by Crippen LogP contribution is -2.54. The summed E-state index contributed by atoms with van der Waals surface area (Å²) in [4.78, 5) is 40.7. The summed E-state index contributed by atoms with van der Waals surface area (Å²) in [6.07, 6.45) is 0. The number of carbonyl (C=O) groups is 3. The molecule has 4 rings (SSSR count). The Labute approximate surface area is 179 Å². The molecule has 0 spiro atoms. The van der Waals surface area contributed by atoms with Crippen molar-refractivity contribution in [2.45, 2.75) is 25.4 Å². The predicted octanol–water partition coefficient (Wildman–Crippen LogP) is 2.17. The first kappa shape index (κ1) is 20.9. The lowest BCUT2D eigenvalue weighted by molar-refractivity contribution is -0.151. The first-order valence-electron chi connectivity index (χ1n) is 10.1. The number of ether oxygens (including phenoxy) is 2. The maximum atomic E-state index is 13.5. The fourth-order valence-corrected chi connectivity index (χ4v) is 4.66. The average Bonchev–Trinajstić information content (AvgIpc) is 3.23. The van der Waals surface area contributed by atoms with Gasteiger partial charge in [-0.05, 0) is 43.7 Å². The van der Waals surface area contributed by atoms with Crippen LogP contribution in [-0.2, 0) is 19.1 Å². The van der Waals surface area contributed by atoms with Gasteiger partial charge in [0.25, 0.3) is 0 Å². The van der Waals surface area contributed by atoms with Gasteiger partial charge in [-0.2, -0.15) is 0 Å². The highest BCUT2D eigenvalue weighted by molar-refractivity contribution is 6.24. The number of esters is 1. The van der Waals surface area contributed by atoms with E-state index in [9.17, 15) is 19.5 Å². The number of aromatic hydroxyl groups is 1. The van der Waals surface area contributed by atoms with E-state index in [0.717, 1.165) is 4.90 Å². The molecule has 2 heterocycles. The second-order valence-electron chi connectivity index (χ2n) is 7.83. The Morgan fingerprint density at radius 1 is 1.16 bits per heavy atom. The van der Waals surface area contributed by atoms with Gasteiger partial charge in [0.15, 0.2) is 11.5 Å². The molecular formula is C23H24N2O6. The summed E-state index contributed by atoms with van der Waals surface area (Å²) in [6, 6.07) is 12.8. The molecule has 0 bridgehead atoms. The number of phenols is 1. The summed E-state index contributed by atoms with van der Waals surface area (Å²) in [5, 5.41) is 13.5.